The first kappa shape index (κ1) is 58.7. The Morgan fingerprint density at radius 2 is 1.32 bits per heavy atom. The molecule has 7 N–H and O–H groups in total. The van der Waals surface area contributed by atoms with E-state index in [0.717, 1.165) is 16.0 Å². The smallest absolute Gasteiger partial charge is 0.248 e. The second kappa shape index (κ2) is 25.4. The lowest BCUT2D eigenvalue weighted by atomic mass is 9.94. The van der Waals surface area contributed by atoms with Crippen molar-refractivity contribution >= 4 is 52.3 Å². The first-order chi connectivity index (χ1) is 34.9. The zero-order valence-electron chi connectivity index (χ0n) is 45.3. The third-order valence-corrected chi connectivity index (χ3v) is 14.3. The third-order valence-electron chi connectivity index (χ3n) is 14.3. The van der Waals surface area contributed by atoms with Crippen molar-refractivity contribution in [2.24, 2.45) is 17.8 Å². The lowest BCUT2D eigenvalue weighted by Gasteiger charge is -2.35. The topological polar surface area (TPSA) is 253 Å². The van der Waals surface area contributed by atoms with Gasteiger partial charge in [-0.2, -0.15) is 0 Å². The molecule has 1 aromatic heterocycles. The molecule has 0 radical (unpaired) electrons. The minimum Gasteiger partial charge on any atom is -0.396 e. The van der Waals surface area contributed by atoms with E-state index in [9.17, 15) is 34.2 Å². The number of carbonyl (C=O) groups is 7. The van der Waals surface area contributed by atoms with Crippen molar-refractivity contribution in [2.45, 2.75) is 155 Å². The number of hydrogen-bond donors (Lipinski definition) is 7. The molecule has 0 aliphatic carbocycles. The number of hydrogen-bond acceptors (Lipinski definition) is 11. The van der Waals surface area contributed by atoms with Crippen LogP contribution in [0, 0.1) is 17.8 Å². The van der Waals surface area contributed by atoms with Crippen LogP contribution in [-0.4, -0.2) is 149 Å². The van der Waals surface area contributed by atoms with Crippen LogP contribution in [0.4, 0.5) is 0 Å². The van der Waals surface area contributed by atoms with Crippen molar-refractivity contribution in [3.05, 3.63) is 83.6 Å². The van der Waals surface area contributed by atoms with Gasteiger partial charge in [-0.15, -0.1) is 0 Å². The maximum Gasteiger partial charge on any atom is 0.248 e. The minimum absolute atomic E-state index is 0.0765. The highest BCUT2D eigenvalue weighted by atomic mass is 16.6. The molecule has 2 aliphatic heterocycles. The molecule has 12 atom stereocenters. The van der Waals surface area contributed by atoms with Gasteiger partial charge >= 0.3 is 0 Å². The quantitative estimate of drug-likeness (QED) is 0.0859. The molecule has 2 aliphatic rings. The van der Waals surface area contributed by atoms with E-state index >= 15 is 9.59 Å². The van der Waals surface area contributed by atoms with Gasteiger partial charge in [-0.25, -0.2) is 0 Å². The molecule has 0 saturated carbocycles. The molecular formula is C55H80N8O11. The number of aliphatic hydroxyl groups excluding tert-OH is 2. The fourth-order valence-electron chi connectivity index (χ4n) is 9.73. The number of nitrogens with one attached hydrogen (secondary N) is 5. The average molecular weight is 1030 g/mol. The number of para-hydroxylation sites is 1. The van der Waals surface area contributed by atoms with Gasteiger partial charge in [-0.05, 0) is 77.3 Å². The van der Waals surface area contributed by atoms with Crippen LogP contribution in [0.25, 0.3) is 10.9 Å². The number of likely N-dealkylation sites (N-methyl/N-ethyl adjacent to an activating group) is 2. The molecule has 3 heterocycles. The second-order valence-electron chi connectivity index (χ2n) is 21.3. The summed E-state index contributed by atoms with van der Waals surface area (Å²) in [6.07, 6.45) is 0.610. The number of fused-ring (bicyclic) bond motifs is 1. The first-order valence-corrected chi connectivity index (χ1v) is 25.7. The highest BCUT2D eigenvalue weighted by molar-refractivity contribution is 5.99. The van der Waals surface area contributed by atoms with E-state index in [0.29, 0.717) is 17.6 Å². The van der Waals surface area contributed by atoms with Crippen molar-refractivity contribution in [2.75, 3.05) is 34.4 Å². The molecule has 1 unspecified atom stereocenters. The molecule has 19 heteroatoms. The Kier molecular flexibility index (Phi) is 20.2. The molecular weight excluding hydrogens is 949 g/mol. The summed E-state index contributed by atoms with van der Waals surface area (Å²) in [5.74, 6) is -6.93. The average Bonchev–Trinajstić information content (AvgIpc) is 4.16. The summed E-state index contributed by atoms with van der Waals surface area (Å²) in [5.41, 5.74) is 1.73. The predicted molar refractivity (Wildman–Crippen MR) is 280 cm³/mol. The number of rotatable bonds is 15. The summed E-state index contributed by atoms with van der Waals surface area (Å²) in [5, 5.41) is 37.5. The van der Waals surface area contributed by atoms with Crippen LogP contribution in [-0.2, 0) is 48.6 Å². The molecule has 19 nitrogen and oxygen atoms in total. The molecule has 0 bridgehead atoms. The number of epoxide rings is 1. The molecule has 3 aromatic rings. The van der Waals surface area contributed by atoms with E-state index in [2.05, 4.69) is 26.6 Å². The van der Waals surface area contributed by atoms with Gasteiger partial charge < -0.3 is 60.6 Å². The van der Waals surface area contributed by atoms with Crippen LogP contribution in [0.5, 0.6) is 0 Å². The largest absolute Gasteiger partial charge is 0.396 e. The Morgan fingerprint density at radius 3 is 1.91 bits per heavy atom. The Balaban J connectivity index is 1.72. The fraction of sp³-hybridized carbons (Fsp3) is 0.582. The Hall–Kier alpha value is -6.15. The number of methoxy groups -OCH3 is 1. The maximum absolute atomic E-state index is 15.4. The van der Waals surface area contributed by atoms with Crippen LogP contribution < -0.4 is 26.6 Å². The number of aromatic nitrogens is 1. The lowest BCUT2D eigenvalue weighted by Crippen LogP contribution is -2.61. The third kappa shape index (κ3) is 13.8. The van der Waals surface area contributed by atoms with Crippen molar-refractivity contribution < 1.29 is 53.2 Å². The number of ether oxygens (including phenoxy) is 2. The zero-order valence-corrected chi connectivity index (χ0v) is 45.3. The fourth-order valence-corrected chi connectivity index (χ4v) is 9.73. The zero-order chi connectivity index (χ0) is 54.9. The molecule has 0 spiro atoms. The summed E-state index contributed by atoms with van der Waals surface area (Å²) < 4.78 is 13.5. The van der Waals surface area contributed by atoms with Crippen molar-refractivity contribution in [1.29, 1.82) is 0 Å². The van der Waals surface area contributed by atoms with Crippen LogP contribution in [0.2, 0.25) is 0 Å². The van der Waals surface area contributed by atoms with Gasteiger partial charge in [0, 0.05) is 56.4 Å². The van der Waals surface area contributed by atoms with Gasteiger partial charge in [-0.3, -0.25) is 33.6 Å². The van der Waals surface area contributed by atoms with Gasteiger partial charge in [0.1, 0.15) is 60.6 Å². The number of carbonyl (C=O) groups excluding carboxylic acids is 7. The maximum atomic E-state index is 15.4. The summed E-state index contributed by atoms with van der Waals surface area (Å²) in [6.45, 7) is 18.0. The Bertz CT molecular complexity index is 2500. The normalized spacial score (nSPS) is 26.0. The number of benzene rings is 2. The summed E-state index contributed by atoms with van der Waals surface area (Å²) in [6, 6.07) is 6.19. The predicted octanol–water partition coefficient (Wildman–Crippen LogP) is 3.38. The number of nitrogens with zero attached hydrogens (tertiary/aromatic N) is 3. The monoisotopic (exact) mass is 1030 g/mol. The summed E-state index contributed by atoms with van der Waals surface area (Å²) in [7, 11) is 4.15. The minimum atomic E-state index is -1.80. The van der Waals surface area contributed by atoms with Crippen molar-refractivity contribution in [3.63, 3.8) is 0 Å². The molecule has 5 rings (SSSR count). The van der Waals surface area contributed by atoms with Crippen LogP contribution in [0.15, 0.2) is 72.4 Å². The van der Waals surface area contributed by atoms with Gasteiger partial charge in [-0.1, -0.05) is 94.8 Å². The van der Waals surface area contributed by atoms with Gasteiger partial charge in [0.2, 0.25) is 41.4 Å². The molecule has 7 amide bonds. The van der Waals surface area contributed by atoms with E-state index < -0.39 is 113 Å². The van der Waals surface area contributed by atoms with Crippen LogP contribution in [0.3, 0.4) is 0 Å². The molecule has 2 saturated heterocycles. The molecule has 406 valence electrons. The highest BCUT2D eigenvalue weighted by Gasteiger charge is 2.45. The van der Waals surface area contributed by atoms with E-state index in [4.69, 9.17) is 9.47 Å². The van der Waals surface area contributed by atoms with Gasteiger partial charge in [0.05, 0.1) is 12.1 Å². The lowest BCUT2D eigenvalue weighted by molar-refractivity contribution is -0.146. The van der Waals surface area contributed by atoms with Crippen molar-refractivity contribution in [3.8, 4) is 0 Å². The first-order valence-electron chi connectivity index (χ1n) is 25.7. The number of allylic oxidation sites excluding steroid dienone is 1. The highest BCUT2D eigenvalue weighted by Crippen LogP contribution is 2.38. The molecule has 2 aromatic carbocycles. The molecule has 2 fully saturated rings. The Labute approximate surface area is 435 Å². The van der Waals surface area contributed by atoms with Gasteiger partial charge in [0.15, 0.2) is 0 Å². The Morgan fingerprint density at radius 1 is 0.770 bits per heavy atom. The van der Waals surface area contributed by atoms with E-state index in [1.54, 1.807) is 75.5 Å². The summed E-state index contributed by atoms with van der Waals surface area (Å²) in [4.78, 5) is 106. The summed E-state index contributed by atoms with van der Waals surface area (Å²) >= 11 is 0. The second-order valence-corrected chi connectivity index (χ2v) is 21.3. The van der Waals surface area contributed by atoms with E-state index in [-0.39, 0.29) is 43.5 Å². The van der Waals surface area contributed by atoms with Crippen LogP contribution >= 0.6 is 0 Å². The van der Waals surface area contributed by atoms with Crippen LogP contribution in [0.1, 0.15) is 112 Å². The van der Waals surface area contributed by atoms with Crippen molar-refractivity contribution in [1.82, 2.24) is 41.0 Å². The SMILES string of the molecule is CC[C@@H]1NC(=O)C([C@H](OC)c2ccccc2)NC(=O)[C@H](C)NC(=O)[C@H](C[C@@H](C)CO)N(C)C(=O)[C@H]([C@H](O)c2cn(C(C)(C)[C@@H]3CO3)c3ccccc23)NC(=O)[C@H]([C@H](C)C=C(C)C)NC(=O)[C@H](CC(C)C)N(C)C1=O. The van der Waals surface area contributed by atoms with E-state index in [1.807, 2.05) is 58.2 Å². The van der Waals surface area contributed by atoms with Gasteiger partial charge in [0.25, 0.3) is 0 Å². The number of aliphatic hydroxyl groups is 2. The van der Waals surface area contributed by atoms with E-state index in [1.165, 1.54) is 33.0 Å². The molecule has 74 heavy (non-hydrogen) atoms. The standard InChI is InChI=1S/C55H80N8O11/c1-14-38-53(71)61(11)40(25-31(4)5)50(68)58-43(33(7)24-30(2)3)51(69)59-44(46(65)37-27-63(55(9,10)42-29-74-42)39-23-19-18-22-36(37)39)54(72)62(12)41(26-32(6)28-64)49(67)56-34(8)48(66)60-45(52(70)57-38)47(73-13)35-20-16-15-17-21-35/h15-24,27,31-34,38,40-47,64-65H,14,25-26,28-29H2,1-13H3,(H,56,67)(H,57,70)(H,58,68)(H,59,69)(H,60,66)/t32-,33-,34+,38+,40+,41+,42+,43+,44+,45?,46-,47-/m1/s1. The number of amides is 7.